The maximum atomic E-state index is 13.8. The number of hydrogen-bond donors (Lipinski definition) is 1. The summed E-state index contributed by atoms with van der Waals surface area (Å²) in [6, 6.07) is 14.3. The van der Waals surface area contributed by atoms with E-state index in [0.29, 0.717) is 28.7 Å². The maximum absolute atomic E-state index is 13.8. The largest absolute Gasteiger partial charge is 0.449 e. The fourth-order valence-electron chi connectivity index (χ4n) is 4.33. The van der Waals surface area contributed by atoms with Gasteiger partial charge in [-0.1, -0.05) is 18.9 Å². The Morgan fingerprint density at radius 2 is 1.82 bits per heavy atom. The van der Waals surface area contributed by atoms with E-state index in [2.05, 4.69) is 14.9 Å². The SMILES string of the molecule is Cc1ccc(NC(=O)c2ccc(-c3c(-c4ccc(F)cc4)ncn3C3CCCC3)o2)cc1F. The first kappa shape index (κ1) is 21.1. The Morgan fingerprint density at radius 1 is 1.06 bits per heavy atom. The highest BCUT2D eigenvalue weighted by atomic mass is 19.1. The van der Waals surface area contributed by atoms with Crippen LogP contribution in [-0.2, 0) is 0 Å². The Morgan fingerprint density at radius 3 is 2.55 bits per heavy atom. The molecule has 1 amide bonds. The van der Waals surface area contributed by atoms with E-state index in [4.69, 9.17) is 4.42 Å². The highest BCUT2D eigenvalue weighted by molar-refractivity contribution is 6.02. The predicted octanol–water partition coefficient (Wildman–Crippen LogP) is 6.76. The lowest BCUT2D eigenvalue weighted by atomic mass is 10.1. The van der Waals surface area contributed by atoms with Crippen LogP contribution in [0.5, 0.6) is 0 Å². The van der Waals surface area contributed by atoms with Gasteiger partial charge in [-0.3, -0.25) is 4.79 Å². The van der Waals surface area contributed by atoms with Gasteiger partial charge in [0.15, 0.2) is 11.5 Å². The van der Waals surface area contributed by atoms with Gasteiger partial charge in [-0.05, 0) is 73.9 Å². The van der Waals surface area contributed by atoms with E-state index in [0.717, 1.165) is 36.9 Å². The van der Waals surface area contributed by atoms with Gasteiger partial charge in [0.25, 0.3) is 5.91 Å². The van der Waals surface area contributed by atoms with E-state index in [1.54, 1.807) is 49.6 Å². The number of carbonyl (C=O) groups excluding carboxylic acids is 1. The lowest BCUT2D eigenvalue weighted by molar-refractivity contribution is 0.0997. The number of aromatic nitrogens is 2. The summed E-state index contributed by atoms with van der Waals surface area (Å²) in [5.41, 5.74) is 3.05. The van der Waals surface area contributed by atoms with Crippen molar-refractivity contribution in [3.8, 4) is 22.7 Å². The van der Waals surface area contributed by atoms with Crippen LogP contribution in [0.3, 0.4) is 0 Å². The summed E-state index contributed by atoms with van der Waals surface area (Å²) >= 11 is 0. The number of amides is 1. The second-order valence-electron chi connectivity index (χ2n) is 8.38. The molecule has 4 aromatic rings. The number of rotatable bonds is 5. The van der Waals surface area contributed by atoms with Crippen LogP contribution < -0.4 is 5.32 Å². The Labute approximate surface area is 190 Å². The monoisotopic (exact) mass is 447 g/mol. The summed E-state index contributed by atoms with van der Waals surface area (Å²) in [5, 5.41) is 2.67. The molecule has 2 aromatic carbocycles. The first-order valence-corrected chi connectivity index (χ1v) is 11.0. The van der Waals surface area contributed by atoms with Gasteiger partial charge in [-0.2, -0.15) is 0 Å². The second-order valence-corrected chi connectivity index (χ2v) is 8.38. The lowest BCUT2D eigenvalue weighted by Gasteiger charge is -2.15. The van der Waals surface area contributed by atoms with Crippen LogP contribution in [0.4, 0.5) is 14.5 Å². The maximum Gasteiger partial charge on any atom is 0.291 e. The Hall–Kier alpha value is -3.74. The van der Waals surface area contributed by atoms with Crippen LogP contribution in [0.2, 0.25) is 0 Å². The molecule has 1 fully saturated rings. The summed E-state index contributed by atoms with van der Waals surface area (Å²) in [6.45, 7) is 1.66. The minimum Gasteiger partial charge on any atom is -0.449 e. The van der Waals surface area contributed by atoms with Gasteiger partial charge >= 0.3 is 0 Å². The number of halogens is 2. The zero-order valence-electron chi connectivity index (χ0n) is 18.1. The molecule has 0 bridgehead atoms. The van der Waals surface area contributed by atoms with Crippen LogP contribution in [0.15, 0.2) is 65.3 Å². The number of hydrogen-bond acceptors (Lipinski definition) is 3. The molecule has 7 heteroatoms. The van der Waals surface area contributed by atoms with Crippen molar-refractivity contribution in [2.75, 3.05) is 5.32 Å². The molecule has 5 nitrogen and oxygen atoms in total. The number of furan rings is 1. The quantitative estimate of drug-likeness (QED) is 0.367. The molecule has 168 valence electrons. The molecule has 1 aliphatic rings. The predicted molar refractivity (Wildman–Crippen MR) is 122 cm³/mol. The zero-order valence-corrected chi connectivity index (χ0v) is 18.1. The first-order valence-electron chi connectivity index (χ1n) is 11.0. The Balaban J connectivity index is 1.49. The van der Waals surface area contributed by atoms with E-state index in [1.807, 2.05) is 0 Å². The van der Waals surface area contributed by atoms with Gasteiger partial charge in [0.1, 0.15) is 17.3 Å². The number of imidazole rings is 1. The molecular formula is C26H23F2N3O2. The van der Waals surface area contributed by atoms with Gasteiger partial charge in [0.05, 0.1) is 12.0 Å². The van der Waals surface area contributed by atoms with E-state index >= 15 is 0 Å². The molecule has 2 heterocycles. The van der Waals surface area contributed by atoms with Gasteiger partial charge in [0.2, 0.25) is 0 Å². The van der Waals surface area contributed by atoms with Gasteiger partial charge in [0, 0.05) is 17.3 Å². The number of benzene rings is 2. The number of carbonyl (C=O) groups is 1. The molecule has 1 N–H and O–H groups in total. The smallest absolute Gasteiger partial charge is 0.291 e. The van der Waals surface area contributed by atoms with Crippen molar-refractivity contribution in [3.63, 3.8) is 0 Å². The molecule has 33 heavy (non-hydrogen) atoms. The number of nitrogens with zero attached hydrogens (tertiary/aromatic N) is 2. The van der Waals surface area contributed by atoms with Crippen LogP contribution in [0, 0.1) is 18.6 Å². The van der Waals surface area contributed by atoms with Crippen molar-refractivity contribution in [3.05, 3.63) is 83.9 Å². The average Bonchev–Trinajstić information content (AvgIpc) is 3.56. The molecule has 1 aliphatic carbocycles. The van der Waals surface area contributed by atoms with Gasteiger partial charge in [-0.15, -0.1) is 0 Å². The lowest BCUT2D eigenvalue weighted by Crippen LogP contribution is -2.11. The van der Waals surface area contributed by atoms with Gasteiger partial charge in [-0.25, -0.2) is 13.8 Å². The molecule has 0 unspecified atom stereocenters. The summed E-state index contributed by atoms with van der Waals surface area (Å²) in [4.78, 5) is 17.4. The summed E-state index contributed by atoms with van der Waals surface area (Å²) < 4.78 is 35.4. The average molecular weight is 447 g/mol. The van der Waals surface area contributed by atoms with E-state index in [9.17, 15) is 13.6 Å². The highest BCUT2D eigenvalue weighted by Gasteiger charge is 2.26. The van der Waals surface area contributed by atoms with Crippen molar-refractivity contribution in [1.29, 1.82) is 0 Å². The fourth-order valence-corrected chi connectivity index (χ4v) is 4.33. The standard InChI is InChI=1S/C26H23F2N3O2/c1-16-6-11-19(14-21(16)28)30-26(32)23-13-12-22(33-23)25-24(17-7-9-18(27)10-8-17)29-15-31(25)20-4-2-3-5-20/h6-15,20H,2-5H2,1H3,(H,30,32). The molecule has 0 radical (unpaired) electrons. The summed E-state index contributed by atoms with van der Waals surface area (Å²) in [7, 11) is 0. The van der Waals surface area contributed by atoms with Crippen LogP contribution in [0.25, 0.3) is 22.7 Å². The number of anilines is 1. The van der Waals surface area contributed by atoms with Crippen molar-refractivity contribution < 1.29 is 18.0 Å². The van der Waals surface area contributed by atoms with Crippen molar-refractivity contribution in [2.24, 2.45) is 0 Å². The van der Waals surface area contributed by atoms with E-state index in [-0.39, 0.29) is 11.6 Å². The first-order chi connectivity index (χ1) is 16.0. The molecule has 0 saturated heterocycles. The molecular weight excluding hydrogens is 424 g/mol. The number of nitrogens with one attached hydrogen (secondary N) is 1. The van der Waals surface area contributed by atoms with Gasteiger partial charge < -0.3 is 14.3 Å². The molecule has 5 rings (SSSR count). The van der Waals surface area contributed by atoms with Crippen LogP contribution in [-0.4, -0.2) is 15.5 Å². The second kappa shape index (κ2) is 8.65. The molecule has 0 spiro atoms. The minimum absolute atomic E-state index is 0.107. The fraction of sp³-hybridized carbons (Fsp3) is 0.231. The minimum atomic E-state index is -0.472. The third-order valence-corrected chi connectivity index (χ3v) is 6.12. The third-order valence-electron chi connectivity index (χ3n) is 6.12. The highest BCUT2D eigenvalue weighted by Crippen LogP contribution is 2.39. The third kappa shape index (κ3) is 4.18. The Kier molecular flexibility index (Phi) is 5.54. The Bertz CT molecular complexity index is 1300. The van der Waals surface area contributed by atoms with Crippen LogP contribution >= 0.6 is 0 Å². The zero-order chi connectivity index (χ0) is 22.9. The van der Waals surface area contributed by atoms with Crippen molar-refractivity contribution in [2.45, 2.75) is 38.6 Å². The number of aryl methyl sites for hydroxylation is 1. The topological polar surface area (TPSA) is 60.1 Å². The normalized spacial score (nSPS) is 14.0. The van der Waals surface area contributed by atoms with Crippen molar-refractivity contribution >= 4 is 11.6 Å². The van der Waals surface area contributed by atoms with E-state index < -0.39 is 11.7 Å². The summed E-state index contributed by atoms with van der Waals surface area (Å²) in [5.74, 6) is -0.577. The van der Waals surface area contributed by atoms with E-state index in [1.165, 1.54) is 18.2 Å². The molecule has 0 atom stereocenters. The van der Waals surface area contributed by atoms with Crippen LogP contribution in [0.1, 0.15) is 47.8 Å². The molecule has 1 saturated carbocycles. The summed E-state index contributed by atoms with van der Waals surface area (Å²) in [6.07, 6.45) is 6.17. The molecule has 2 aromatic heterocycles. The van der Waals surface area contributed by atoms with Crippen molar-refractivity contribution in [1.82, 2.24) is 9.55 Å². The molecule has 0 aliphatic heterocycles.